The number of rotatable bonds is 10. The maximum absolute atomic E-state index is 9.31. The van der Waals surface area contributed by atoms with Crippen molar-refractivity contribution in [2.24, 2.45) is 16.9 Å². The van der Waals surface area contributed by atoms with Gasteiger partial charge in [0.25, 0.3) is 0 Å². The molecular formula is C21H30N2O4. The Morgan fingerprint density at radius 3 is 1.37 bits per heavy atom. The first-order chi connectivity index (χ1) is 12.8. The van der Waals surface area contributed by atoms with Crippen molar-refractivity contribution < 1.29 is 19.7 Å². The van der Waals surface area contributed by atoms with Gasteiger partial charge in [-0.3, -0.25) is 0 Å². The summed E-state index contributed by atoms with van der Waals surface area (Å²) in [4.78, 5) is 0. The van der Waals surface area contributed by atoms with Crippen LogP contribution in [0.2, 0.25) is 0 Å². The van der Waals surface area contributed by atoms with E-state index in [1.54, 1.807) is 24.3 Å². The molecule has 0 aliphatic carbocycles. The standard InChI is InChI=1S/C21H30N2O4/c1-21(2,11-13-26-17-7-3-15(4-8-17)19(22)24)12-14-27-18-9-5-16(6-10-18)20(23)25/h3-10,19-20,24-25H,11-14,22-23H2,1-2H3. The molecule has 0 aliphatic heterocycles. The Labute approximate surface area is 160 Å². The zero-order valence-corrected chi connectivity index (χ0v) is 16.0. The molecule has 6 N–H and O–H groups in total. The van der Waals surface area contributed by atoms with E-state index in [2.05, 4.69) is 13.8 Å². The molecule has 0 fully saturated rings. The molecule has 0 amide bonds. The van der Waals surface area contributed by atoms with Crippen LogP contribution in [0.15, 0.2) is 48.5 Å². The van der Waals surface area contributed by atoms with E-state index < -0.39 is 12.5 Å². The number of benzene rings is 2. The van der Waals surface area contributed by atoms with E-state index in [1.165, 1.54) is 0 Å². The number of hydrogen-bond donors (Lipinski definition) is 4. The summed E-state index contributed by atoms with van der Waals surface area (Å²) in [5.74, 6) is 1.52. The van der Waals surface area contributed by atoms with E-state index in [1.807, 2.05) is 24.3 Å². The molecule has 2 atom stereocenters. The number of ether oxygens (including phenoxy) is 2. The van der Waals surface area contributed by atoms with E-state index in [0.717, 1.165) is 24.3 Å². The highest BCUT2D eigenvalue weighted by atomic mass is 16.5. The fourth-order valence-corrected chi connectivity index (χ4v) is 2.54. The average molecular weight is 374 g/mol. The van der Waals surface area contributed by atoms with E-state index in [9.17, 15) is 10.2 Å². The van der Waals surface area contributed by atoms with Crippen molar-refractivity contribution in [1.29, 1.82) is 0 Å². The van der Waals surface area contributed by atoms with Gasteiger partial charge < -0.3 is 31.2 Å². The third kappa shape index (κ3) is 7.19. The van der Waals surface area contributed by atoms with Crippen LogP contribution in [0.1, 0.15) is 50.3 Å². The van der Waals surface area contributed by atoms with Crippen molar-refractivity contribution in [3.8, 4) is 11.5 Å². The van der Waals surface area contributed by atoms with Crippen LogP contribution in [0.25, 0.3) is 0 Å². The summed E-state index contributed by atoms with van der Waals surface area (Å²) in [6.07, 6.45) is -0.157. The largest absolute Gasteiger partial charge is 0.494 e. The first-order valence-corrected chi connectivity index (χ1v) is 9.10. The summed E-state index contributed by atoms with van der Waals surface area (Å²) >= 11 is 0. The third-order valence-electron chi connectivity index (χ3n) is 4.54. The predicted octanol–water partition coefficient (Wildman–Crippen LogP) is 2.85. The Morgan fingerprint density at radius 1 is 0.741 bits per heavy atom. The molecule has 0 saturated carbocycles. The van der Waals surface area contributed by atoms with Gasteiger partial charge in [-0.1, -0.05) is 38.1 Å². The van der Waals surface area contributed by atoms with E-state index in [4.69, 9.17) is 20.9 Å². The summed E-state index contributed by atoms with van der Waals surface area (Å²) in [6, 6.07) is 14.3. The maximum atomic E-state index is 9.31. The quantitative estimate of drug-likeness (QED) is 0.476. The molecule has 6 nitrogen and oxygen atoms in total. The van der Waals surface area contributed by atoms with Crippen molar-refractivity contribution in [2.75, 3.05) is 13.2 Å². The third-order valence-corrected chi connectivity index (χ3v) is 4.54. The first-order valence-electron chi connectivity index (χ1n) is 9.10. The van der Waals surface area contributed by atoms with Gasteiger partial charge in [0.2, 0.25) is 0 Å². The molecule has 2 aromatic carbocycles. The van der Waals surface area contributed by atoms with Crippen LogP contribution in [0.3, 0.4) is 0 Å². The lowest BCUT2D eigenvalue weighted by Crippen LogP contribution is -2.19. The molecule has 0 radical (unpaired) electrons. The molecule has 2 rings (SSSR count). The van der Waals surface area contributed by atoms with Crippen LogP contribution >= 0.6 is 0 Å². The minimum absolute atomic E-state index is 0.0702. The fraction of sp³-hybridized carbons (Fsp3) is 0.429. The summed E-state index contributed by atoms with van der Waals surface area (Å²) in [5, 5.41) is 18.6. The van der Waals surface area contributed by atoms with Gasteiger partial charge in [0, 0.05) is 0 Å². The number of nitrogens with two attached hydrogens (primary N) is 2. The minimum Gasteiger partial charge on any atom is -0.494 e. The number of aliphatic hydroxyl groups excluding tert-OH is 2. The molecule has 148 valence electrons. The minimum atomic E-state index is -0.963. The van der Waals surface area contributed by atoms with Gasteiger partial charge in [0.1, 0.15) is 24.0 Å². The van der Waals surface area contributed by atoms with Gasteiger partial charge in [-0.2, -0.15) is 0 Å². The van der Waals surface area contributed by atoms with E-state index >= 15 is 0 Å². The Balaban J connectivity index is 1.71. The molecule has 2 unspecified atom stereocenters. The number of aliphatic hydroxyl groups is 2. The van der Waals surface area contributed by atoms with E-state index in [-0.39, 0.29) is 5.41 Å². The van der Waals surface area contributed by atoms with Crippen LogP contribution < -0.4 is 20.9 Å². The Hall–Kier alpha value is -2.12. The van der Waals surface area contributed by atoms with Crippen LogP contribution in [0.5, 0.6) is 11.5 Å². The Bertz CT molecular complexity index is 623. The molecule has 6 heteroatoms. The lowest BCUT2D eigenvalue weighted by molar-refractivity contribution is 0.180. The van der Waals surface area contributed by atoms with Gasteiger partial charge in [0.15, 0.2) is 0 Å². The van der Waals surface area contributed by atoms with Gasteiger partial charge in [-0.15, -0.1) is 0 Å². The SMILES string of the molecule is CC(C)(CCOc1ccc(C(N)O)cc1)CCOc1ccc(C(N)O)cc1. The van der Waals surface area contributed by atoms with E-state index in [0.29, 0.717) is 24.3 Å². The topological polar surface area (TPSA) is 111 Å². The zero-order chi connectivity index (χ0) is 19.9. The molecule has 0 bridgehead atoms. The van der Waals surface area contributed by atoms with Gasteiger partial charge in [0.05, 0.1) is 13.2 Å². The molecule has 27 heavy (non-hydrogen) atoms. The molecule has 0 spiro atoms. The van der Waals surface area contributed by atoms with Crippen LogP contribution in [0, 0.1) is 5.41 Å². The van der Waals surface area contributed by atoms with Gasteiger partial charge >= 0.3 is 0 Å². The molecule has 0 aliphatic rings. The highest BCUT2D eigenvalue weighted by Crippen LogP contribution is 2.26. The number of hydrogen-bond acceptors (Lipinski definition) is 6. The van der Waals surface area contributed by atoms with Gasteiger partial charge in [-0.05, 0) is 53.6 Å². The normalized spacial score (nSPS) is 13.9. The fourth-order valence-electron chi connectivity index (χ4n) is 2.54. The Kier molecular flexibility index (Phi) is 7.62. The zero-order valence-electron chi connectivity index (χ0n) is 16.0. The van der Waals surface area contributed by atoms with Crippen molar-refractivity contribution >= 4 is 0 Å². The molecular weight excluding hydrogens is 344 g/mol. The Morgan fingerprint density at radius 2 is 1.07 bits per heavy atom. The molecule has 0 saturated heterocycles. The lowest BCUT2D eigenvalue weighted by Gasteiger charge is -2.24. The highest BCUT2D eigenvalue weighted by molar-refractivity contribution is 5.28. The summed E-state index contributed by atoms with van der Waals surface area (Å²) in [6.45, 7) is 5.56. The molecule has 2 aromatic rings. The second-order valence-corrected chi connectivity index (χ2v) is 7.39. The summed E-state index contributed by atoms with van der Waals surface area (Å²) in [7, 11) is 0. The second kappa shape index (κ2) is 9.71. The molecule has 0 heterocycles. The highest BCUT2D eigenvalue weighted by Gasteiger charge is 2.18. The average Bonchev–Trinajstić information content (AvgIpc) is 2.62. The van der Waals surface area contributed by atoms with Crippen molar-refractivity contribution in [2.45, 2.75) is 39.1 Å². The van der Waals surface area contributed by atoms with Crippen LogP contribution in [-0.4, -0.2) is 23.4 Å². The van der Waals surface area contributed by atoms with Crippen LogP contribution in [0.4, 0.5) is 0 Å². The van der Waals surface area contributed by atoms with Gasteiger partial charge in [-0.25, -0.2) is 0 Å². The smallest absolute Gasteiger partial charge is 0.128 e. The summed E-state index contributed by atoms with van der Waals surface area (Å²) in [5.41, 5.74) is 12.2. The second-order valence-electron chi connectivity index (χ2n) is 7.39. The molecule has 0 aromatic heterocycles. The van der Waals surface area contributed by atoms with Crippen molar-refractivity contribution in [3.63, 3.8) is 0 Å². The predicted molar refractivity (Wildman–Crippen MR) is 105 cm³/mol. The van der Waals surface area contributed by atoms with Crippen molar-refractivity contribution in [3.05, 3.63) is 59.7 Å². The van der Waals surface area contributed by atoms with Crippen LogP contribution in [-0.2, 0) is 0 Å². The van der Waals surface area contributed by atoms with Crippen molar-refractivity contribution in [1.82, 2.24) is 0 Å². The monoisotopic (exact) mass is 374 g/mol. The maximum Gasteiger partial charge on any atom is 0.128 e. The first kappa shape index (κ1) is 21.2. The summed E-state index contributed by atoms with van der Waals surface area (Å²) < 4.78 is 11.6. The lowest BCUT2D eigenvalue weighted by atomic mass is 9.86.